The third kappa shape index (κ3) is 3.55. The van der Waals surface area contributed by atoms with Crippen molar-refractivity contribution in [3.05, 3.63) is 30.1 Å². The largest absolute Gasteiger partial charge is 0.467 e. The van der Waals surface area contributed by atoms with Gasteiger partial charge in [0.05, 0.1) is 7.11 Å². The molecular weight excluding hydrogens is 284 g/mol. The normalized spacial score (nSPS) is 21.5. The highest BCUT2D eigenvalue weighted by molar-refractivity contribution is 5.83. The van der Waals surface area contributed by atoms with E-state index in [0.29, 0.717) is 13.0 Å². The highest BCUT2D eigenvalue weighted by atomic mass is 16.6. The van der Waals surface area contributed by atoms with E-state index in [1.807, 2.05) is 12.1 Å². The summed E-state index contributed by atoms with van der Waals surface area (Å²) in [6, 6.07) is 3.06. The number of methoxy groups -OCH3 is 1. The van der Waals surface area contributed by atoms with Crippen LogP contribution in [0.2, 0.25) is 0 Å². The smallest absolute Gasteiger partial charge is 0.411 e. The fraction of sp³-hybridized carbons (Fsp3) is 0.562. The maximum absolute atomic E-state index is 12.4. The van der Waals surface area contributed by atoms with Gasteiger partial charge in [0.1, 0.15) is 11.6 Å². The van der Waals surface area contributed by atoms with Crippen LogP contribution in [0.25, 0.3) is 0 Å². The van der Waals surface area contributed by atoms with Crippen molar-refractivity contribution in [3.63, 3.8) is 0 Å². The van der Waals surface area contributed by atoms with Crippen LogP contribution in [0.5, 0.6) is 0 Å². The first-order chi connectivity index (χ1) is 10.3. The second kappa shape index (κ2) is 6.34. The van der Waals surface area contributed by atoms with E-state index in [9.17, 15) is 9.59 Å². The summed E-state index contributed by atoms with van der Waals surface area (Å²) in [7, 11) is 1.33. The molecule has 0 radical (unpaired) electrons. The number of carbonyl (C=O) groups is 2. The van der Waals surface area contributed by atoms with Crippen molar-refractivity contribution < 1.29 is 19.1 Å². The van der Waals surface area contributed by atoms with Crippen LogP contribution >= 0.6 is 0 Å². The molecule has 2 atom stereocenters. The number of pyridine rings is 1. The molecule has 1 aliphatic rings. The third-order valence-electron chi connectivity index (χ3n) is 3.60. The van der Waals surface area contributed by atoms with Gasteiger partial charge in [-0.15, -0.1) is 0 Å². The van der Waals surface area contributed by atoms with Crippen molar-refractivity contribution >= 4 is 12.1 Å². The number of hydrogen-bond acceptors (Lipinski definition) is 5. The lowest BCUT2D eigenvalue weighted by molar-refractivity contribution is -0.146. The van der Waals surface area contributed by atoms with Gasteiger partial charge in [0.15, 0.2) is 0 Å². The van der Waals surface area contributed by atoms with Crippen molar-refractivity contribution in [2.45, 2.75) is 44.8 Å². The zero-order valence-corrected chi connectivity index (χ0v) is 13.4. The highest BCUT2D eigenvalue weighted by Gasteiger charge is 2.44. The molecule has 1 aromatic heterocycles. The molecule has 0 N–H and O–H groups in total. The number of carbonyl (C=O) groups excluding carboxylic acids is 2. The molecule has 0 spiro atoms. The molecule has 0 aromatic carbocycles. The number of hydrogen-bond donors (Lipinski definition) is 0. The molecule has 1 amide bonds. The second-order valence-electron chi connectivity index (χ2n) is 6.32. The number of amides is 1. The second-order valence-corrected chi connectivity index (χ2v) is 6.32. The number of esters is 1. The van der Waals surface area contributed by atoms with Gasteiger partial charge in [0.2, 0.25) is 0 Å². The number of likely N-dealkylation sites (tertiary alicyclic amines) is 1. The monoisotopic (exact) mass is 306 g/mol. The Labute approximate surface area is 130 Å². The first-order valence-electron chi connectivity index (χ1n) is 7.31. The molecule has 0 bridgehead atoms. The van der Waals surface area contributed by atoms with Gasteiger partial charge in [-0.05, 0) is 44.9 Å². The Balaban J connectivity index is 2.25. The minimum Gasteiger partial charge on any atom is -0.467 e. The molecule has 1 unspecified atom stereocenters. The Morgan fingerprint density at radius 1 is 1.27 bits per heavy atom. The minimum absolute atomic E-state index is 0.108. The molecule has 1 aliphatic heterocycles. The lowest BCUT2D eigenvalue weighted by Crippen LogP contribution is -2.45. The summed E-state index contributed by atoms with van der Waals surface area (Å²) in [5.74, 6) is -0.534. The lowest BCUT2D eigenvalue weighted by Gasteiger charge is -2.29. The number of ether oxygens (including phenoxy) is 2. The van der Waals surface area contributed by atoms with Crippen LogP contribution in [0, 0.1) is 0 Å². The molecule has 0 aliphatic carbocycles. The molecular formula is C16H22N2O4. The van der Waals surface area contributed by atoms with Crippen molar-refractivity contribution in [2.75, 3.05) is 13.7 Å². The van der Waals surface area contributed by atoms with E-state index in [1.54, 1.807) is 33.2 Å². The number of nitrogens with zero attached hydrogens (tertiary/aromatic N) is 2. The molecule has 1 fully saturated rings. The Bertz CT molecular complexity index is 539. The van der Waals surface area contributed by atoms with E-state index in [0.717, 1.165) is 5.56 Å². The lowest BCUT2D eigenvalue weighted by atomic mass is 9.92. The average Bonchev–Trinajstić information content (AvgIpc) is 2.90. The quantitative estimate of drug-likeness (QED) is 0.785. The van der Waals surface area contributed by atoms with Gasteiger partial charge in [0.25, 0.3) is 0 Å². The molecule has 6 heteroatoms. The summed E-state index contributed by atoms with van der Waals surface area (Å²) < 4.78 is 10.3. The van der Waals surface area contributed by atoms with E-state index < -0.39 is 23.7 Å². The molecule has 0 saturated carbocycles. The van der Waals surface area contributed by atoms with Crippen molar-refractivity contribution in [3.8, 4) is 0 Å². The fourth-order valence-electron chi connectivity index (χ4n) is 2.69. The molecule has 1 saturated heterocycles. The predicted molar refractivity (Wildman–Crippen MR) is 80.3 cm³/mol. The Kier molecular flexibility index (Phi) is 4.68. The van der Waals surface area contributed by atoms with E-state index in [-0.39, 0.29) is 5.92 Å². The number of aromatic nitrogens is 1. The van der Waals surface area contributed by atoms with Gasteiger partial charge in [0, 0.05) is 24.9 Å². The van der Waals surface area contributed by atoms with Gasteiger partial charge in [-0.1, -0.05) is 0 Å². The topological polar surface area (TPSA) is 68.7 Å². The maximum Gasteiger partial charge on any atom is 0.411 e. The first kappa shape index (κ1) is 16.3. The van der Waals surface area contributed by atoms with Gasteiger partial charge in [-0.25, -0.2) is 9.59 Å². The highest BCUT2D eigenvalue weighted by Crippen LogP contribution is 2.34. The summed E-state index contributed by atoms with van der Waals surface area (Å²) in [5.41, 5.74) is 0.364. The van der Waals surface area contributed by atoms with Crippen LogP contribution < -0.4 is 0 Å². The average molecular weight is 306 g/mol. The molecule has 1 aromatic rings. The SMILES string of the molecule is COC(=O)C1[C@@H](c2ccncc2)CCN1C(=O)OC(C)(C)C. The summed E-state index contributed by atoms with van der Waals surface area (Å²) in [5, 5.41) is 0. The molecule has 2 heterocycles. The molecule has 2 rings (SSSR count). The maximum atomic E-state index is 12.4. The van der Waals surface area contributed by atoms with E-state index in [2.05, 4.69) is 4.98 Å². The summed E-state index contributed by atoms with van der Waals surface area (Å²) >= 11 is 0. The van der Waals surface area contributed by atoms with Crippen molar-refractivity contribution in [2.24, 2.45) is 0 Å². The fourth-order valence-corrected chi connectivity index (χ4v) is 2.69. The standard InChI is InChI=1S/C16H22N2O4/c1-16(2,3)22-15(20)18-10-7-12(13(18)14(19)21-4)11-5-8-17-9-6-11/h5-6,8-9,12-13H,7,10H2,1-4H3/t12-,13?/m1/s1. The minimum atomic E-state index is -0.665. The van der Waals surface area contributed by atoms with Crippen LogP contribution in [0.15, 0.2) is 24.5 Å². The Hall–Kier alpha value is -2.11. The van der Waals surface area contributed by atoms with E-state index >= 15 is 0 Å². The summed E-state index contributed by atoms with van der Waals surface area (Å²) in [6.45, 7) is 5.86. The molecule has 22 heavy (non-hydrogen) atoms. The molecule has 6 nitrogen and oxygen atoms in total. The Morgan fingerprint density at radius 2 is 1.91 bits per heavy atom. The first-order valence-corrected chi connectivity index (χ1v) is 7.31. The van der Waals surface area contributed by atoms with Crippen LogP contribution in [0.3, 0.4) is 0 Å². The summed E-state index contributed by atoms with van der Waals surface area (Å²) in [4.78, 5) is 30.0. The van der Waals surface area contributed by atoms with Gasteiger partial charge < -0.3 is 9.47 Å². The summed E-state index contributed by atoms with van der Waals surface area (Å²) in [6.07, 6.45) is 3.56. The van der Waals surface area contributed by atoms with E-state index in [1.165, 1.54) is 12.0 Å². The zero-order valence-electron chi connectivity index (χ0n) is 13.4. The zero-order chi connectivity index (χ0) is 16.3. The van der Waals surface area contributed by atoms with Crippen LogP contribution in [0.4, 0.5) is 4.79 Å². The van der Waals surface area contributed by atoms with Crippen LogP contribution in [-0.4, -0.2) is 47.2 Å². The van der Waals surface area contributed by atoms with Crippen molar-refractivity contribution in [1.82, 2.24) is 9.88 Å². The van der Waals surface area contributed by atoms with E-state index in [4.69, 9.17) is 9.47 Å². The van der Waals surface area contributed by atoms with Crippen LogP contribution in [0.1, 0.15) is 38.7 Å². The van der Waals surface area contributed by atoms with Gasteiger partial charge in [-0.2, -0.15) is 0 Å². The van der Waals surface area contributed by atoms with Crippen molar-refractivity contribution in [1.29, 1.82) is 0 Å². The molecule has 120 valence electrons. The van der Waals surface area contributed by atoms with Crippen LogP contribution in [-0.2, 0) is 14.3 Å². The van der Waals surface area contributed by atoms with Gasteiger partial charge in [-0.3, -0.25) is 9.88 Å². The predicted octanol–water partition coefficient (Wildman–Crippen LogP) is 2.35. The Morgan fingerprint density at radius 3 is 2.45 bits per heavy atom. The van der Waals surface area contributed by atoms with Gasteiger partial charge >= 0.3 is 12.1 Å². The third-order valence-corrected chi connectivity index (χ3v) is 3.60. The number of rotatable bonds is 2.